The van der Waals surface area contributed by atoms with Crippen LogP contribution >= 0.6 is 0 Å². The van der Waals surface area contributed by atoms with Gasteiger partial charge in [0.2, 0.25) is 5.91 Å². The molecule has 122 valence electrons. The third-order valence-electron chi connectivity index (χ3n) is 3.03. The summed E-state index contributed by atoms with van der Waals surface area (Å²) in [7, 11) is 0. The predicted molar refractivity (Wildman–Crippen MR) is 80.4 cm³/mol. The van der Waals surface area contributed by atoms with E-state index in [1.807, 2.05) is 19.9 Å². The molecule has 3 amide bonds. The van der Waals surface area contributed by atoms with Crippen LogP contribution in [0.1, 0.15) is 32.2 Å². The molecular formula is C14H23N5O3. The Bertz CT molecular complexity index is 565. The minimum absolute atomic E-state index is 0.00638. The van der Waals surface area contributed by atoms with Crippen LogP contribution in [0.5, 0.6) is 0 Å². The number of hydrazine groups is 1. The molecule has 22 heavy (non-hydrogen) atoms. The fourth-order valence-corrected chi connectivity index (χ4v) is 1.97. The second-order valence-electron chi connectivity index (χ2n) is 5.54. The zero-order valence-electron chi connectivity index (χ0n) is 13.6. The smallest absolute Gasteiger partial charge is 0.261 e. The summed E-state index contributed by atoms with van der Waals surface area (Å²) in [6, 6.07) is 1.16. The number of carbonyl (C=O) groups excluding carboxylic acids is 3. The molecule has 1 heterocycles. The number of amides is 3. The number of hydrogen-bond donors (Lipinski definition) is 3. The van der Waals surface area contributed by atoms with Gasteiger partial charge in [-0.3, -0.25) is 29.9 Å². The molecule has 1 aromatic heterocycles. The number of carbonyl (C=O) groups is 3. The summed E-state index contributed by atoms with van der Waals surface area (Å²) >= 11 is 0. The van der Waals surface area contributed by atoms with E-state index in [1.165, 1.54) is 6.92 Å². The predicted octanol–water partition coefficient (Wildman–Crippen LogP) is -0.192. The Kier molecular flexibility index (Phi) is 6.09. The maximum atomic E-state index is 12.0. The highest BCUT2D eigenvalue weighted by molar-refractivity contribution is 5.88. The molecule has 8 heteroatoms. The van der Waals surface area contributed by atoms with Gasteiger partial charge in [0.25, 0.3) is 11.8 Å². The number of nitrogens with zero attached hydrogens (tertiary/aromatic N) is 2. The summed E-state index contributed by atoms with van der Waals surface area (Å²) in [6.45, 7) is 8.63. The van der Waals surface area contributed by atoms with Crippen LogP contribution < -0.4 is 16.2 Å². The van der Waals surface area contributed by atoms with Crippen molar-refractivity contribution < 1.29 is 14.4 Å². The third kappa shape index (κ3) is 5.19. The first-order valence-electron chi connectivity index (χ1n) is 7.07. The number of aromatic nitrogens is 2. The Morgan fingerprint density at radius 2 is 1.86 bits per heavy atom. The lowest BCUT2D eigenvalue weighted by molar-refractivity contribution is -0.132. The zero-order valence-corrected chi connectivity index (χ0v) is 13.6. The molecule has 0 bridgehead atoms. The number of aryl methyl sites for hydroxylation is 2. The molecule has 0 aliphatic carbocycles. The normalized spacial score (nSPS) is 11.9. The third-order valence-corrected chi connectivity index (χ3v) is 3.03. The van der Waals surface area contributed by atoms with E-state index >= 15 is 0 Å². The Labute approximate surface area is 129 Å². The van der Waals surface area contributed by atoms with Gasteiger partial charge in [-0.1, -0.05) is 13.8 Å². The van der Waals surface area contributed by atoms with Crippen molar-refractivity contribution in [2.45, 2.75) is 47.2 Å². The van der Waals surface area contributed by atoms with Crippen molar-refractivity contribution in [2.24, 2.45) is 5.92 Å². The lowest BCUT2D eigenvalue weighted by atomic mass is 10.0. The van der Waals surface area contributed by atoms with E-state index < -0.39 is 17.9 Å². The molecule has 1 aromatic rings. The minimum Gasteiger partial charge on any atom is -0.344 e. The summed E-state index contributed by atoms with van der Waals surface area (Å²) in [5.74, 6) is -1.27. The Morgan fingerprint density at radius 3 is 2.32 bits per heavy atom. The van der Waals surface area contributed by atoms with Gasteiger partial charge in [0.15, 0.2) is 0 Å². The van der Waals surface area contributed by atoms with Gasteiger partial charge in [-0.2, -0.15) is 5.10 Å². The standard InChI is InChI=1S/C14H23N5O3/c1-8(2)13(15-11(5)20)14(22)17-16-12(21)7-19-10(4)6-9(3)18-19/h6,8,13H,7H2,1-5H3,(H,15,20)(H,16,21)(H,17,22). The monoisotopic (exact) mass is 309 g/mol. The molecule has 0 fully saturated rings. The average Bonchev–Trinajstić information content (AvgIpc) is 2.71. The molecule has 3 N–H and O–H groups in total. The van der Waals surface area contributed by atoms with E-state index in [4.69, 9.17) is 0 Å². The molecule has 0 aliphatic rings. The molecule has 0 saturated carbocycles. The molecule has 0 spiro atoms. The van der Waals surface area contributed by atoms with Crippen molar-refractivity contribution in [1.29, 1.82) is 0 Å². The van der Waals surface area contributed by atoms with Gasteiger partial charge in [0, 0.05) is 12.6 Å². The highest BCUT2D eigenvalue weighted by Crippen LogP contribution is 2.02. The lowest BCUT2D eigenvalue weighted by Crippen LogP contribution is -2.54. The van der Waals surface area contributed by atoms with Crippen molar-refractivity contribution in [3.05, 3.63) is 17.5 Å². The van der Waals surface area contributed by atoms with Crippen molar-refractivity contribution in [1.82, 2.24) is 25.9 Å². The van der Waals surface area contributed by atoms with Crippen LogP contribution in [0, 0.1) is 19.8 Å². The Balaban J connectivity index is 2.53. The molecule has 1 unspecified atom stereocenters. The van der Waals surface area contributed by atoms with E-state index in [1.54, 1.807) is 18.5 Å². The Hall–Kier alpha value is -2.38. The van der Waals surface area contributed by atoms with Crippen LogP contribution in [0.25, 0.3) is 0 Å². The molecule has 0 radical (unpaired) electrons. The van der Waals surface area contributed by atoms with Crippen LogP contribution in [0.15, 0.2) is 6.07 Å². The van der Waals surface area contributed by atoms with E-state index in [0.717, 1.165) is 11.4 Å². The maximum absolute atomic E-state index is 12.0. The molecule has 8 nitrogen and oxygen atoms in total. The Morgan fingerprint density at radius 1 is 1.23 bits per heavy atom. The van der Waals surface area contributed by atoms with Gasteiger partial charge in [0.05, 0.1) is 5.69 Å². The summed E-state index contributed by atoms with van der Waals surface area (Å²) in [6.07, 6.45) is 0. The first-order chi connectivity index (χ1) is 10.2. The molecule has 0 aromatic carbocycles. The van der Waals surface area contributed by atoms with E-state index in [2.05, 4.69) is 21.3 Å². The highest BCUT2D eigenvalue weighted by Gasteiger charge is 2.23. The van der Waals surface area contributed by atoms with Crippen LogP contribution in [-0.2, 0) is 20.9 Å². The number of nitrogens with one attached hydrogen (secondary N) is 3. The summed E-state index contributed by atoms with van der Waals surface area (Å²) < 4.78 is 1.55. The second-order valence-corrected chi connectivity index (χ2v) is 5.54. The first kappa shape index (κ1) is 17.7. The molecule has 1 rings (SSSR count). The van der Waals surface area contributed by atoms with Crippen molar-refractivity contribution >= 4 is 17.7 Å². The summed E-state index contributed by atoms with van der Waals surface area (Å²) in [4.78, 5) is 34.9. The van der Waals surface area contributed by atoms with Crippen LogP contribution in [0.2, 0.25) is 0 Å². The topological polar surface area (TPSA) is 105 Å². The average molecular weight is 309 g/mol. The van der Waals surface area contributed by atoms with Crippen LogP contribution in [-0.4, -0.2) is 33.5 Å². The van der Waals surface area contributed by atoms with Crippen LogP contribution in [0.4, 0.5) is 0 Å². The zero-order chi connectivity index (χ0) is 16.9. The number of hydrogen-bond acceptors (Lipinski definition) is 4. The molecule has 0 aliphatic heterocycles. The van der Waals surface area contributed by atoms with Gasteiger partial charge < -0.3 is 5.32 Å². The highest BCUT2D eigenvalue weighted by atomic mass is 16.2. The first-order valence-corrected chi connectivity index (χ1v) is 7.07. The van der Waals surface area contributed by atoms with Gasteiger partial charge in [-0.15, -0.1) is 0 Å². The van der Waals surface area contributed by atoms with Gasteiger partial charge in [-0.05, 0) is 25.8 Å². The SMILES string of the molecule is CC(=O)NC(C(=O)NNC(=O)Cn1nc(C)cc1C)C(C)C. The van der Waals surface area contributed by atoms with Gasteiger partial charge >= 0.3 is 0 Å². The van der Waals surface area contributed by atoms with Crippen molar-refractivity contribution in [3.8, 4) is 0 Å². The van der Waals surface area contributed by atoms with E-state index in [-0.39, 0.29) is 18.4 Å². The van der Waals surface area contributed by atoms with Crippen molar-refractivity contribution in [2.75, 3.05) is 0 Å². The molecule has 0 saturated heterocycles. The maximum Gasteiger partial charge on any atom is 0.261 e. The number of rotatable bonds is 5. The second kappa shape index (κ2) is 7.58. The van der Waals surface area contributed by atoms with Gasteiger partial charge in [-0.25, -0.2) is 0 Å². The fraction of sp³-hybridized carbons (Fsp3) is 0.571. The van der Waals surface area contributed by atoms with Crippen molar-refractivity contribution in [3.63, 3.8) is 0 Å². The van der Waals surface area contributed by atoms with Crippen LogP contribution in [0.3, 0.4) is 0 Å². The van der Waals surface area contributed by atoms with Gasteiger partial charge in [0.1, 0.15) is 12.6 Å². The lowest BCUT2D eigenvalue weighted by Gasteiger charge is -2.21. The molecule has 1 atom stereocenters. The quantitative estimate of drug-likeness (QED) is 0.655. The minimum atomic E-state index is -0.702. The van der Waals surface area contributed by atoms with E-state index in [9.17, 15) is 14.4 Å². The fourth-order valence-electron chi connectivity index (χ4n) is 1.97. The molecular weight excluding hydrogens is 286 g/mol. The van der Waals surface area contributed by atoms with E-state index in [0.29, 0.717) is 0 Å². The summed E-state index contributed by atoms with van der Waals surface area (Å²) in [5, 5.41) is 6.71. The summed E-state index contributed by atoms with van der Waals surface area (Å²) in [5.41, 5.74) is 6.32. The largest absolute Gasteiger partial charge is 0.344 e.